The molecule has 0 saturated heterocycles. The monoisotopic (exact) mass is 331 g/mol. The van der Waals surface area contributed by atoms with Crippen molar-refractivity contribution in [3.8, 4) is 10.4 Å². The lowest BCUT2D eigenvalue weighted by Crippen LogP contribution is -2.17. The summed E-state index contributed by atoms with van der Waals surface area (Å²) < 4.78 is 6.82. The molecule has 4 rings (SSSR count). The third-order valence-corrected chi connectivity index (χ3v) is 5.88. The molecule has 0 aliphatic carbocycles. The molecular formula is C16H13NO3S2. The second-order valence-electron chi connectivity index (χ2n) is 5.23. The summed E-state index contributed by atoms with van der Waals surface area (Å²) in [6.45, 7) is 0.593. The van der Waals surface area contributed by atoms with Crippen LogP contribution in [0.5, 0.6) is 0 Å². The summed E-state index contributed by atoms with van der Waals surface area (Å²) in [6.07, 6.45) is 0.554. The highest BCUT2D eigenvalue weighted by Gasteiger charge is 2.26. The third kappa shape index (κ3) is 2.43. The number of aromatic nitrogens is 1. The van der Waals surface area contributed by atoms with Crippen LogP contribution in [0, 0.1) is 0 Å². The molecule has 1 aromatic carbocycles. The molecular weight excluding hydrogens is 318 g/mol. The van der Waals surface area contributed by atoms with Crippen LogP contribution in [0.4, 0.5) is 0 Å². The number of nitrogens with zero attached hydrogens (tertiary/aromatic N) is 1. The quantitative estimate of drug-likeness (QED) is 0.784. The van der Waals surface area contributed by atoms with Gasteiger partial charge in [-0.25, -0.2) is 4.98 Å². The molecule has 6 heteroatoms. The number of ether oxygens (including phenoxy) is 1. The lowest BCUT2D eigenvalue weighted by molar-refractivity contribution is -0.140. The fourth-order valence-electron chi connectivity index (χ4n) is 2.78. The Labute approximate surface area is 135 Å². The topological polar surface area (TPSA) is 59.4 Å². The molecule has 1 atom stereocenters. The summed E-state index contributed by atoms with van der Waals surface area (Å²) in [5.74, 6) is -0.825. The number of rotatable bonds is 3. The van der Waals surface area contributed by atoms with Gasteiger partial charge >= 0.3 is 5.97 Å². The lowest BCUT2D eigenvalue weighted by atomic mass is 10.0. The van der Waals surface area contributed by atoms with E-state index in [-0.39, 0.29) is 12.5 Å². The van der Waals surface area contributed by atoms with Crippen molar-refractivity contribution < 1.29 is 14.6 Å². The molecule has 22 heavy (non-hydrogen) atoms. The molecule has 0 fully saturated rings. The average molecular weight is 331 g/mol. The van der Waals surface area contributed by atoms with Crippen LogP contribution in [-0.2, 0) is 16.0 Å². The van der Waals surface area contributed by atoms with Crippen LogP contribution >= 0.6 is 22.7 Å². The first-order valence-corrected chi connectivity index (χ1v) is 8.70. The molecule has 0 amide bonds. The molecule has 3 heterocycles. The van der Waals surface area contributed by atoms with Crippen molar-refractivity contribution in [2.24, 2.45) is 0 Å². The van der Waals surface area contributed by atoms with Crippen molar-refractivity contribution >= 4 is 38.9 Å². The number of hydrogen-bond acceptors (Lipinski definition) is 5. The van der Waals surface area contributed by atoms with Crippen LogP contribution in [-0.4, -0.2) is 22.7 Å². The SMILES string of the molecule is O=C(O)CC1OCCc2sc(-c3ccc4scnc4c3)cc21. The summed E-state index contributed by atoms with van der Waals surface area (Å²) in [6, 6.07) is 8.37. The number of benzene rings is 1. The fourth-order valence-corrected chi connectivity index (χ4v) is 4.62. The van der Waals surface area contributed by atoms with E-state index in [1.54, 1.807) is 22.7 Å². The number of hydrogen-bond donors (Lipinski definition) is 1. The molecule has 3 aromatic rings. The Morgan fingerprint density at radius 1 is 1.41 bits per heavy atom. The first kappa shape index (κ1) is 13.9. The number of carboxylic acids is 1. The van der Waals surface area contributed by atoms with Crippen molar-refractivity contribution in [3.63, 3.8) is 0 Å². The Balaban J connectivity index is 1.74. The highest BCUT2D eigenvalue weighted by Crippen LogP contribution is 2.40. The minimum atomic E-state index is -0.825. The van der Waals surface area contributed by atoms with E-state index in [1.807, 2.05) is 5.51 Å². The minimum Gasteiger partial charge on any atom is -0.481 e. The summed E-state index contributed by atoms with van der Waals surface area (Å²) in [5, 5.41) is 9.03. The van der Waals surface area contributed by atoms with Crippen LogP contribution in [0.25, 0.3) is 20.7 Å². The molecule has 1 unspecified atom stereocenters. The van der Waals surface area contributed by atoms with Crippen LogP contribution in [0.15, 0.2) is 29.8 Å². The zero-order chi connectivity index (χ0) is 15.1. The fraction of sp³-hybridized carbons (Fsp3) is 0.250. The van der Waals surface area contributed by atoms with Gasteiger partial charge in [0.15, 0.2) is 0 Å². The van der Waals surface area contributed by atoms with E-state index in [9.17, 15) is 4.79 Å². The maximum absolute atomic E-state index is 11.0. The number of fused-ring (bicyclic) bond motifs is 2. The predicted octanol–water partition coefficient (Wildman–Crippen LogP) is 4.11. The van der Waals surface area contributed by atoms with E-state index in [2.05, 4.69) is 29.2 Å². The van der Waals surface area contributed by atoms with Gasteiger partial charge in [-0.05, 0) is 29.3 Å². The van der Waals surface area contributed by atoms with Gasteiger partial charge in [-0.1, -0.05) is 6.07 Å². The highest BCUT2D eigenvalue weighted by atomic mass is 32.1. The van der Waals surface area contributed by atoms with Gasteiger partial charge in [0.05, 0.1) is 34.9 Å². The second-order valence-corrected chi connectivity index (χ2v) is 7.25. The largest absolute Gasteiger partial charge is 0.481 e. The zero-order valence-corrected chi connectivity index (χ0v) is 13.2. The van der Waals surface area contributed by atoms with Crippen LogP contribution in [0.3, 0.4) is 0 Å². The number of thiophene rings is 1. The molecule has 2 aromatic heterocycles. The summed E-state index contributed by atoms with van der Waals surface area (Å²) >= 11 is 3.37. The Bertz CT molecular complexity index is 852. The van der Waals surface area contributed by atoms with E-state index in [4.69, 9.17) is 9.84 Å². The van der Waals surface area contributed by atoms with Crippen molar-refractivity contribution in [2.75, 3.05) is 6.61 Å². The molecule has 0 radical (unpaired) electrons. The maximum Gasteiger partial charge on any atom is 0.306 e. The Morgan fingerprint density at radius 2 is 2.32 bits per heavy atom. The number of thiazole rings is 1. The molecule has 0 saturated carbocycles. The van der Waals surface area contributed by atoms with Crippen LogP contribution in [0.2, 0.25) is 0 Å². The molecule has 4 nitrogen and oxygen atoms in total. The molecule has 0 bridgehead atoms. The average Bonchev–Trinajstić information content (AvgIpc) is 3.12. The van der Waals surface area contributed by atoms with E-state index >= 15 is 0 Å². The number of carbonyl (C=O) groups is 1. The molecule has 112 valence electrons. The second kappa shape index (κ2) is 5.46. The van der Waals surface area contributed by atoms with Gasteiger partial charge in [0.2, 0.25) is 0 Å². The predicted molar refractivity (Wildman–Crippen MR) is 87.6 cm³/mol. The van der Waals surface area contributed by atoms with Gasteiger partial charge in [0, 0.05) is 16.2 Å². The molecule has 1 aliphatic rings. The summed E-state index contributed by atoms with van der Waals surface area (Å²) in [7, 11) is 0. The van der Waals surface area contributed by atoms with Gasteiger partial charge in [0.25, 0.3) is 0 Å². The van der Waals surface area contributed by atoms with Crippen molar-refractivity contribution in [1.29, 1.82) is 0 Å². The Kier molecular flexibility index (Phi) is 3.44. The maximum atomic E-state index is 11.0. The minimum absolute atomic E-state index is 0.0221. The van der Waals surface area contributed by atoms with E-state index < -0.39 is 5.97 Å². The molecule has 0 spiro atoms. The molecule has 1 aliphatic heterocycles. The standard InChI is InChI=1S/C16H13NO3S2/c18-16(19)7-12-10-6-15(22-13(10)3-4-20-12)9-1-2-14-11(5-9)17-8-21-14/h1-2,5-6,8,12H,3-4,7H2,(H,18,19). The third-order valence-electron chi connectivity index (χ3n) is 3.81. The number of carboxylic acid groups (broad SMARTS) is 1. The first-order valence-electron chi connectivity index (χ1n) is 7.00. The van der Waals surface area contributed by atoms with Crippen LogP contribution < -0.4 is 0 Å². The Hall–Kier alpha value is -1.76. The van der Waals surface area contributed by atoms with Gasteiger partial charge < -0.3 is 9.84 Å². The van der Waals surface area contributed by atoms with Gasteiger partial charge in [-0.3, -0.25) is 4.79 Å². The Morgan fingerprint density at radius 3 is 3.18 bits per heavy atom. The van der Waals surface area contributed by atoms with Crippen molar-refractivity contribution in [2.45, 2.75) is 18.9 Å². The van der Waals surface area contributed by atoms with Gasteiger partial charge in [-0.2, -0.15) is 0 Å². The van der Waals surface area contributed by atoms with Crippen molar-refractivity contribution in [1.82, 2.24) is 4.98 Å². The smallest absolute Gasteiger partial charge is 0.306 e. The van der Waals surface area contributed by atoms with E-state index in [0.29, 0.717) is 6.61 Å². The zero-order valence-electron chi connectivity index (χ0n) is 11.6. The molecule has 1 N–H and O–H groups in total. The van der Waals surface area contributed by atoms with E-state index in [1.165, 1.54) is 9.58 Å². The normalized spacial score (nSPS) is 17.5. The highest BCUT2D eigenvalue weighted by molar-refractivity contribution is 7.17. The van der Waals surface area contributed by atoms with E-state index in [0.717, 1.165) is 27.9 Å². The van der Waals surface area contributed by atoms with Gasteiger partial charge in [-0.15, -0.1) is 22.7 Å². The van der Waals surface area contributed by atoms with Gasteiger partial charge in [0.1, 0.15) is 0 Å². The lowest BCUT2D eigenvalue weighted by Gasteiger charge is -2.21. The first-order chi connectivity index (χ1) is 10.7. The number of aliphatic carboxylic acids is 1. The van der Waals surface area contributed by atoms with Crippen LogP contribution in [0.1, 0.15) is 23.0 Å². The summed E-state index contributed by atoms with van der Waals surface area (Å²) in [5.41, 5.74) is 5.02. The summed E-state index contributed by atoms with van der Waals surface area (Å²) in [4.78, 5) is 17.7. The van der Waals surface area contributed by atoms with Crippen molar-refractivity contribution in [3.05, 3.63) is 40.2 Å².